The van der Waals surface area contributed by atoms with Crippen LogP contribution in [0.15, 0.2) is 54.9 Å². The standard InChI is InChI=1S/C22H22N2O3/c25-22(19-9-15-3-5-18(19)8-15)24(13-17-2-1-7-23-11-17)12-16-4-6-20-21(10-16)27-14-26-20/h1-7,10-11,15,18-19H,8-9,12-14H2/t15-,18+,19-/m1/s1. The first-order valence-corrected chi connectivity index (χ1v) is 9.51. The second-order valence-corrected chi connectivity index (χ2v) is 7.63. The molecule has 1 aromatic carbocycles. The molecule has 5 rings (SSSR count). The van der Waals surface area contributed by atoms with E-state index in [2.05, 4.69) is 17.1 Å². The van der Waals surface area contributed by atoms with Crippen molar-refractivity contribution in [2.45, 2.75) is 25.9 Å². The second kappa shape index (κ2) is 6.72. The van der Waals surface area contributed by atoms with Gasteiger partial charge in [0, 0.05) is 31.4 Å². The fraction of sp³-hybridized carbons (Fsp3) is 0.364. The van der Waals surface area contributed by atoms with E-state index in [1.54, 1.807) is 6.20 Å². The molecule has 3 aliphatic rings. The summed E-state index contributed by atoms with van der Waals surface area (Å²) < 4.78 is 10.9. The van der Waals surface area contributed by atoms with Gasteiger partial charge in [0.1, 0.15) is 0 Å². The molecule has 1 amide bonds. The first kappa shape index (κ1) is 16.4. The van der Waals surface area contributed by atoms with Crippen LogP contribution in [0.1, 0.15) is 24.0 Å². The summed E-state index contributed by atoms with van der Waals surface area (Å²) in [5.74, 6) is 2.84. The molecular formula is C22H22N2O3. The molecule has 27 heavy (non-hydrogen) atoms. The van der Waals surface area contributed by atoms with Crippen LogP contribution in [-0.2, 0) is 17.9 Å². The molecule has 0 spiro atoms. The molecule has 2 aromatic rings. The van der Waals surface area contributed by atoms with Crippen LogP contribution < -0.4 is 9.47 Å². The predicted molar refractivity (Wildman–Crippen MR) is 99.9 cm³/mol. The minimum absolute atomic E-state index is 0.102. The van der Waals surface area contributed by atoms with E-state index in [9.17, 15) is 4.79 Å². The molecule has 0 radical (unpaired) electrons. The van der Waals surface area contributed by atoms with Gasteiger partial charge in [-0.05, 0) is 54.0 Å². The third-order valence-electron chi connectivity index (χ3n) is 5.81. The lowest BCUT2D eigenvalue weighted by molar-refractivity contribution is -0.137. The first-order chi connectivity index (χ1) is 13.3. The average molecular weight is 362 g/mol. The molecule has 3 atom stereocenters. The number of benzene rings is 1. The number of hydrogen-bond donors (Lipinski definition) is 0. The summed E-state index contributed by atoms with van der Waals surface area (Å²) in [6.07, 6.45) is 10.2. The predicted octanol–water partition coefficient (Wildman–Crippen LogP) is 3.55. The molecule has 0 saturated heterocycles. The molecule has 5 nitrogen and oxygen atoms in total. The van der Waals surface area contributed by atoms with Crippen LogP contribution in [0.2, 0.25) is 0 Å². The molecule has 1 aliphatic heterocycles. The molecule has 138 valence electrons. The Bertz CT molecular complexity index is 880. The van der Waals surface area contributed by atoms with E-state index in [1.807, 2.05) is 41.4 Å². The summed E-state index contributed by atoms with van der Waals surface area (Å²) in [6, 6.07) is 9.85. The minimum Gasteiger partial charge on any atom is -0.454 e. The van der Waals surface area contributed by atoms with Crippen LogP contribution in [0, 0.1) is 17.8 Å². The van der Waals surface area contributed by atoms with Crippen molar-refractivity contribution in [1.82, 2.24) is 9.88 Å². The second-order valence-electron chi connectivity index (χ2n) is 7.63. The van der Waals surface area contributed by atoms with Crippen molar-refractivity contribution in [2.24, 2.45) is 17.8 Å². The molecular weight excluding hydrogens is 340 g/mol. The fourth-order valence-corrected chi connectivity index (χ4v) is 4.48. The minimum atomic E-state index is 0.102. The van der Waals surface area contributed by atoms with E-state index in [1.165, 1.54) is 0 Å². The number of carbonyl (C=O) groups is 1. The van der Waals surface area contributed by atoms with Gasteiger partial charge in [-0.25, -0.2) is 0 Å². The number of pyridine rings is 1. The maximum Gasteiger partial charge on any atom is 0.231 e. The van der Waals surface area contributed by atoms with Gasteiger partial charge in [-0.1, -0.05) is 24.3 Å². The van der Waals surface area contributed by atoms with Crippen molar-refractivity contribution in [2.75, 3.05) is 6.79 Å². The van der Waals surface area contributed by atoms with E-state index in [-0.39, 0.29) is 18.6 Å². The Labute approximate surface area is 158 Å². The Morgan fingerprint density at radius 3 is 2.74 bits per heavy atom. The fourth-order valence-electron chi connectivity index (χ4n) is 4.48. The van der Waals surface area contributed by atoms with Gasteiger partial charge in [0.25, 0.3) is 0 Å². The van der Waals surface area contributed by atoms with Gasteiger partial charge in [0.2, 0.25) is 12.7 Å². The van der Waals surface area contributed by atoms with Crippen molar-refractivity contribution in [3.05, 3.63) is 66.0 Å². The average Bonchev–Trinajstić information content (AvgIpc) is 3.44. The third kappa shape index (κ3) is 3.18. The monoisotopic (exact) mass is 362 g/mol. The molecule has 5 heteroatoms. The van der Waals surface area contributed by atoms with Crippen molar-refractivity contribution < 1.29 is 14.3 Å². The smallest absolute Gasteiger partial charge is 0.231 e. The number of nitrogens with zero attached hydrogens (tertiary/aromatic N) is 2. The van der Waals surface area contributed by atoms with Crippen molar-refractivity contribution >= 4 is 5.91 Å². The topological polar surface area (TPSA) is 51.7 Å². The summed E-state index contributed by atoms with van der Waals surface area (Å²) in [5, 5.41) is 0. The number of amides is 1. The lowest BCUT2D eigenvalue weighted by Crippen LogP contribution is -2.37. The van der Waals surface area contributed by atoms with E-state index in [0.29, 0.717) is 24.9 Å². The van der Waals surface area contributed by atoms with Gasteiger partial charge in [0.05, 0.1) is 0 Å². The highest BCUT2D eigenvalue weighted by atomic mass is 16.7. The highest BCUT2D eigenvalue weighted by Crippen LogP contribution is 2.44. The lowest BCUT2D eigenvalue weighted by Gasteiger charge is -2.28. The maximum absolute atomic E-state index is 13.4. The Morgan fingerprint density at radius 2 is 1.96 bits per heavy atom. The van der Waals surface area contributed by atoms with E-state index in [4.69, 9.17) is 9.47 Å². The molecule has 1 aromatic heterocycles. The Balaban J connectivity index is 1.39. The molecule has 1 fully saturated rings. The number of ether oxygens (including phenoxy) is 2. The number of rotatable bonds is 5. The Morgan fingerprint density at radius 1 is 1.07 bits per heavy atom. The Hall–Kier alpha value is -2.82. The van der Waals surface area contributed by atoms with Gasteiger partial charge < -0.3 is 14.4 Å². The van der Waals surface area contributed by atoms with Gasteiger partial charge in [-0.15, -0.1) is 0 Å². The third-order valence-corrected chi connectivity index (χ3v) is 5.81. The van der Waals surface area contributed by atoms with Gasteiger partial charge in [-0.3, -0.25) is 9.78 Å². The first-order valence-electron chi connectivity index (χ1n) is 9.51. The summed E-state index contributed by atoms with van der Waals surface area (Å²) >= 11 is 0. The Kier molecular flexibility index (Phi) is 4.07. The van der Waals surface area contributed by atoms with Gasteiger partial charge in [0.15, 0.2) is 11.5 Å². The van der Waals surface area contributed by atoms with Crippen molar-refractivity contribution in [1.29, 1.82) is 0 Å². The number of hydrogen-bond acceptors (Lipinski definition) is 4. The molecule has 0 N–H and O–H groups in total. The van der Waals surface area contributed by atoms with Crippen molar-refractivity contribution in [3.63, 3.8) is 0 Å². The number of carbonyl (C=O) groups excluding carboxylic acids is 1. The van der Waals surface area contributed by atoms with Gasteiger partial charge >= 0.3 is 0 Å². The zero-order chi connectivity index (χ0) is 18.2. The molecule has 0 unspecified atom stereocenters. The zero-order valence-electron chi connectivity index (χ0n) is 15.1. The number of fused-ring (bicyclic) bond motifs is 3. The van der Waals surface area contributed by atoms with Crippen LogP contribution in [0.25, 0.3) is 0 Å². The van der Waals surface area contributed by atoms with Crippen LogP contribution in [-0.4, -0.2) is 22.6 Å². The molecule has 2 bridgehead atoms. The van der Waals surface area contributed by atoms with Crippen LogP contribution >= 0.6 is 0 Å². The molecule has 1 saturated carbocycles. The summed E-state index contributed by atoms with van der Waals surface area (Å²) in [4.78, 5) is 19.6. The largest absolute Gasteiger partial charge is 0.454 e. The van der Waals surface area contributed by atoms with E-state index >= 15 is 0 Å². The summed E-state index contributed by atoms with van der Waals surface area (Å²) in [5.41, 5.74) is 2.10. The molecule has 2 aliphatic carbocycles. The quantitative estimate of drug-likeness (QED) is 0.764. The summed E-state index contributed by atoms with van der Waals surface area (Å²) in [7, 11) is 0. The highest BCUT2D eigenvalue weighted by molar-refractivity contribution is 5.80. The molecule has 2 heterocycles. The summed E-state index contributed by atoms with van der Waals surface area (Å²) in [6.45, 7) is 1.38. The van der Waals surface area contributed by atoms with Crippen LogP contribution in [0.3, 0.4) is 0 Å². The number of aromatic nitrogens is 1. The highest BCUT2D eigenvalue weighted by Gasteiger charge is 2.41. The van der Waals surface area contributed by atoms with Crippen molar-refractivity contribution in [3.8, 4) is 11.5 Å². The van der Waals surface area contributed by atoms with Crippen LogP contribution in [0.4, 0.5) is 0 Å². The lowest BCUT2D eigenvalue weighted by atomic mass is 9.92. The maximum atomic E-state index is 13.4. The van der Waals surface area contributed by atoms with E-state index < -0.39 is 0 Å². The normalized spacial score (nSPS) is 24.4. The number of allylic oxidation sites excluding steroid dienone is 2. The zero-order valence-corrected chi connectivity index (χ0v) is 15.1. The SMILES string of the molecule is O=C([C@@H]1C[C@@H]2C=C[C@H]1C2)N(Cc1cccnc1)Cc1ccc2c(c1)OCO2. The van der Waals surface area contributed by atoms with E-state index in [0.717, 1.165) is 35.5 Å². The van der Waals surface area contributed by atoms with Crippen LogP contribution in [0.5, 0.6) is 11.5 Å². The van der Waals surface area contributed by atoms with Gasteiger partial charge in [-0.2, -0.15) is 0 Å².